The molecule has 1 saturated heterocycles. The first-order chi connectivity index (χ1) is 10.0. The number of nitrogens with two attached hydrogens (primary N) is 2. The molecule has 114 valence electrons. The Morgan fingerprint density at radius 3 is 2.86 bits per heavy atom. The van der Waals surface area contributed by atoms with E-state index in [1.165, 1.54) is 17.2 Å². The number of anilines is 1. The molecule has 0 saturated carbocycles. The smallest absolute Gasteiger partial charge is 0.167 e. The summed E-state index contributed by atoms with van der Waals surface area (Å²) in [5.74, 6) is 0.220. The first kappa shape index (κ1) is 14.1. The van der Waals surface area contributed by atoms with Crippen LogP contribution in [-0.4, -0.2) is 65.8 Å². The van der Waals surface area contributed by atoms with Crippen LogP contribution in [0, 0.1) is 0 Å². The maximum atomic E-state index is 10.0. The fourth-order valence-electron chi connectivity index (χ4n) is 2.45. The lowest BCUT2D eigenvalue weighted by atomic mass is 10.0. The van der Waals surface area contributed by atoms with Crippen molar-refractivity contribution in [2.75, 3.05) is 12.3 Å². The Balaban J connectivity index is 1.98. The summed E-state index contributed by atoms with van der Waals surface area (Å²) in [5.41, 5.74) is 12.4. The molecular formula is C11H16N6O4. The van der Waals surface area contributed by atoms with Gasteiger partial charge < -0.3 is 31.5 Å². The maximum Gasteiger partial charge on any atom is 0.167 e. The van der Waals surface area contributed by atoms with Crippen LogP contribution in [0.15, 0.2) is 12.7 Å². The summed E-state index contributed by atoms with van der Waals surface area (Å²) in [6.07, 6.45) is -1.43. The standard InChI is InChI=1S/C11H16N6O4/c12-5-7(20)8(4(19)1-18)21-11(5)17-3-16-6-9(13)14-2-15-10(6)17/h2-5,7-8,11,18-20H,1,12H2,(H2,13,14,15)/t4-,5-,7-,8-,11-/m1/s1. The molecule has 3 heterocycles. The van der Waals surface area contributed by atoms with Crippen molar-refractivity contribution in [2.24, 2.45) is 5.73 Å². The first-order valence-corrected chi connectivity index (χ1v) is 6.35. The molecule has 0 aromatic carbocycles. The van der Waals surface area contributed by atoms with Crippen LogP contribution in [0.3, 0.4) is 0 Å². The van der Waals surface area contributed by atoms with E-state index in [1.807, 2.05) is 0 Å². The fourth-order valence-corrected chi connectivity index (χ4v) is 2.45. The summed E-state index contributed by atoms with van der Waals surface area (Å²) in [5, 5.41) is 28.7. The molecule has 2 aromatic heterocycles. The number of hydrogen-bond donors (Lipinski definition) is 5. The number of aliphatic hydroxyl groups excluding tert-OH is 3. The topological polar surface area (TPSA) is 166 Å². The third kappa shape index (κ3) is 2.13. The van der Waals surface area contributed by atoms with E-state index in [4.69, 9.17) is 21.3 Å². The maximum absolute atomic E-state index is 10.0. The largest absolute Gasteiger partial charge is 0.394 e. The predicted octanol–water partition coefficient (Wildman–Crippen LogP) is -2.65. The summed E-state index contributed by atoms with van der Waals surface area (Å²) >= 11 is 0. The van der Waals surface area contributed by atoms with Gasteiger partial charge in [-0.2, -0.15) is 0 Å². The summed E-state index contributed by atoms with van der Waals surface area (Å²) in [6, 6.07) is -0.815. The van der Waals surface area contributed by atoms with Crippen LogP contribution in [0.2, 0.25) is 0 Å². The fraction of sp³-hybridized carbons (Fsp3) is 0.545. The van der Waals surface area contributed by atoms with Crippen LogP contribution in [0.25, 0.3) is 11.2 Å². The van der Waals surface area contributed by atoms with Crippen LogP contribution in [0.4, 0.5) is 5.82 Å². The molecule has 21 heavy (non-hydrogen) atoms. The van der Waals surface area contributed by atoms with Gasteiger partial charge in [0.25, 0.3) is 0 Å². The average Bonchev–Trinajstić information content (AvgIpc) is 3.02. The van der Waals surface area contributed by atoms with Crippen molar-refractivity contribution in [1.29, 1.82) is 0 Å². The number of rotatable bonds is 3. The number of hydrogen-bond acceptors (Lipinski definition) is 9. The highest BCUT2D eigenvalue weighted by Crippen LogP contribution is 2.32. The summed E-state index contributed by atoms with van der Waals surface area (Å²) in [4.78, 5) is 12.0. The van der Waals surface area contributed by atoms with Gasteiger partial charge in [-0.1, -0.05) is 0 Å². The van der Waals surface area contributed by atoms with Crippen LogP contribution < -0.4 is 11.5 Å². The van der Waals surface area contributed by atoms with E-state index in [-0.39, 0.29) is 5.82 Å². The lowest BCUT2D eigenvalue weighted by Crippen LogP contribution is -2.43. The number of nitrogen functional groups attached to an aromatic ring is 1. The molecule has 0 aliphatic carbocycles. The quantitative estimate of drug-likeness (QED) is 0.406. The van der Waals surface area contributed by atoms with E-state index in [0.29, 0.717) is 11.2 Å². The number of ether oxygens (including phenoxy) is 1. The molecule has 1 aliphatic heterocycles. The van der Waals surface area contributed by atoms with Gasteiger partial charge in [-0.15, -0.1) is 0 Å². The molecule has 5 atom stereocenters. The average molecular weight is 296 g/mol. The second kappa shape index (κ2) is 5.16. The van der Waals surface area contributed by atoms with Crippen molar-refractivity contribution in [1.82, 2.24) is 19.5 Å². The molecule has 7 N–H and O–H groups in total. The van der Waals surface area contributed by atoms with Crippen molar-refractivity contribution in [2.45, 2.75) is 30.6 Å². The van der Waals surface area contributed by atoms with Crippen molar-refractivity contribution < 1.29 is 20.1 Å². The zero-order valence-corrected chi connectivity index (χ0v) is 10.9. The molecule has 0 amide bonds. The van der Waals surface area contributed by atoms with Gasteiger partial charge >= 0.3 is 0 Å². The van der Waals surface area contributed by atoms with E-state index < -0.39 is 37.2 Å². The molecule has 0 unspecified atom stereocenters. The second-order valence-corrected chi connectivity index (χ2v) is 4.89. The van der Waals surface area contributed by atoms with E-state index in [9.17, 15) is 10.2 Å². The van der Waals surface area contributed by atoms with Crippen molar-refractivity contribution in [3.05, 3.63) is 12.7 Å². The number of aliphatic hydroxyl groups is 3. The molecule has 3 rings (SSSR count). The Morgan fingerprint density at radius 1 is 1.38 bits per heavy atom. The van der Waals surface area contributed by atoms with Gasteiger partial charge in [0, 0.05) is 0 Å². The number of imidazole rings is 1. The third-order valence-electron chi connectivity index (χ3n) is 3.58. The van der Waals surface area contributed by atoms with Gasteiger partial charge in [-0.05, 0) is 0 Å². The van der Waals surface area contributed by atoms with Crippen molar-refractivity contribution in [3.63, 3.8) is 0 Å². The number of nitrogens with zero attached hydrogens (tertiary/aromatic N) is 4. The second-order valence-electron chi connectivity index (χ2n) is 4.89. The SMILES string of the molecule is Nc1ncnc2c1ncn2[C@@H]1O[C@H]([C@H](O)CO)[C@H](O)[C@H]1N. The molecule has 10 nitrogen and oxygen atoms in total. The highest BCUT2D eigenvalue weighted by molar-refractivity contribution is 5.81. The van der Waals surface area contributed by atoms with Crippen molar-refractivity contribution in [3.8, 4) is 0 Å². The molecular weight excluding hydrogens is 280 g/mol. The Bertz CT molecular complexity index is 649. The zero-order valence-electron chi connectivity index (χ0n) is 10.9. The van der Waals surface area contributed by atoms with E-state index in [1.54, 1.807) is 0 Å². The number of fused-ring (bicyclic) bond motifs is 1. The lowest BCUT2D eigenvalue weighted by Gasteiger charge is -2.19. The van der Waals surface area contributed by atoms with Crippen LogP contribution in [0.1, 0.15) is 6.23 Å². The molecule has 1 fully saturated rings. The molecule has 0 bridgehead atoms. The number of aromatic nitrogens is 4. The Morgan fingerprint density at radius 2 is 2.14 bits per heavy atom. The molecule has 1 aliphatic rings. The monoisotopic (exact) mass is 296 g/mol. The zero-order chi connectivity index (χ0) is 15.1. The van der Waals surface area contributed by atoms with E-state index >= 15 is 0 Å². The summed E-state index contributed by atoms with van der Waals surface area (Å²) < 4.78 is 7.09. The van der Waals surface area contributed by atoms with Crippen LogP contribution in [-0.2, 0) is 4.74 Å². The van der Waals surface area contributed by atoms with Gasteiger partial charge in [0.05, 0.1) is 19.0 Å². The van der Waals surface area contributed by atoms with E-state index in [0.717, 1.165) is 0 Å². The van der Waals surface area contributed by atoms with Gasteiger partial charge in [0.1, 0.15) is 30.2 Å². The first-order valence-electron chi connectivity index (χ1n) is 6.35. The molecule has 0 spiro atoms. The van der Waals surface area contributed by atoms with Crippen molar-refractivity contribution >= 4 is 17.0 Å². The summed E-state index contributed by atoms with van der Waals surface area (Å²) in [6.45, 7) is -0.541. The molecule has 0 radical (unpaired) electrons. The minimum atomic E-state index is -1.23. The minimum absolute atomic E-state index is 0.220. The minimum Gasteiger partial charge on any atom is -0.394 e. The highest BCUT2D eigenvalue weighted by atomic mass is 16.5. The summed E-state index contributed by atoms with van der Waals surface area (Å²) in [7, 11) is 0. The van der Waals surface area contributed by atoms with E-state index in [2.05, 4.69) is 15.0 Å². The van der Waals surface area contributed by atoms with Gasteiger partial charge in [0.15, 0.2) is 17.7 Å². The predicted molar refractivity (Wildman–Crippen MR) is 70.7 cm³/mol. The Labute approximate surface area is 119 Å². The Kier molecular flexibility index (Phi) is 3.47. The molecule has 10 heteroatoms. The lowest BCUT2D eigenvalue weighted by molar-refractivity contribution is -0.0950. The van der Waals surface area contributed by atoms with Gasteiger partial charge in [0.2, 0.25) is 0 Å². The van der Waals surface area contributed by atoms with Gasteiger partial charge in [-0.25, -0.2) is 15.0 Å². The Hall–Kier alpha value is -1.85. The molecule has 2 aromatic rings. The van der Waals surface area contributed by atoms with Gasteiger partial charge in [-0.3, -0.25) is 4.57 Å². The third-order valence-corrected chi connectivity index (χ3v) is 3.58. The van der Waals surface area contributed by atoms with Crippen LogP contribution in [0.5, 0.6) is 0 Å². The highest BCUT2D eigenvalue weighted by Gasteiger charge is 2.46. The van der Waals surface area contributed by atoms with Crippen LogP contribution >= 0.6 is 0 Å². The normalized spacial score (nSPS) is 30.9.